The highest BCUT2D eigenvalue weighted by molar-refractivity contribution is 9.10. The number of hydrogen-bond donors (Lipinski definition) is 2. The fourth-order valence-electron chi connectivity index (χ4n) is 1.09. The minimum Gasteiger partial charge on any atom is -0.384 e. The number of amidine groups is 1. The van der Waals surface area contributed by atoms with Crippen molar-refractivity contribution in [1.82, 2.24) is 0 Å². The predicted octanol–water partition coefficient (Wildman–Crippen LogP) is 1.94. The van der Waals surface area contributed by atoms with Crippen molar-refractivity contribution in [2.75, 3.05) is 19.0 Å². The van der Waals surface area contributed by atoms with Gasteiger partial charge in [0.2, 0.25) is 0 Å². The van der Waals surface area contributed by atoms with Crippen LogP contribution >= 0.6 is 15.9 Å². The van der Waals surface area contributed by atoms with E-state index in [0.717, 1.165) is 0 Å². The quantitative estimate of drug-likeness (QED) is 0.630. The molecule has 0 saturated carbocycles. The number of rotatable bonds is 2. The van der Waals surface area contributed by atoms with Gasteiger partial charge in [-0.1, -0.05) is 0 Å². The second kappa shape index (κ2) is 3.96. The lowest BCUT2D eigenvalue weighted by Gasteiger charge is -2.15. The lowest BCUT2D eigenvalue weighted by Crippen LogP contribution is -2.15. The van der Waals surface area contributed by atoms with Crippen molar-refractivity contribution >= 4 is 27.5 Å². The molecule has 0 atom stereocenters. The second-order valence-corrected chi connectivity index (χ2v) is 3.95. The summed E-state index contributed by atoms with van der Waals surface area (Å²) in [5.41, 5.74) is 6.11. The van der Waals surface area contributed by atoms with Gasteiger partial charge < -0.3 is 10.6 Å². The minimum absolute atomic E-state index is 0.152. The van der Waals surface area contributed by atoms with Crippen LogP contribution in [-0.2, 0) is 0 Å². The average molecular weight is 260 g/mol. The van der Waals surface area contributed by atoms with Crippen LogP contribution in [0.3, 0.4) is 0 Å². The number of nitrogens with two attached hydrogens (primary N) is 1. The van der Waals surface area contributed by atoms with Gasteiger partial charge in [-0.25, -0.2) is 4.39 Å². The molecular weight excluding hydrogens is 249 g/mol. The van der Waals surface area contributed by atoms with E-state index in [4.69, 9.17) is 11.1 Å². The van der Waals surface area contributed by atoms with Crippen molar-refractivity contribution in [2.24, 2.45) is 5.73 Å². The van der Waals surface area contributed by atoms with Gasteiger partial charge in [0.05, 0.1) is 5.69 Å². The maximum atomic E-state index is 13.4. The Labute approximate surface area is 90.3 Å². The molecule has 0 unspecified atom stereocenters. The fraction of sp³-hybridized carbons (Fsp3) is 0.222. The largest absolute Gasteiger partial charge is 0.384 e. The Bertz CT molecular complexity index is 377. The molecule has 0 aliphatic rings. The first-order chi connectivity index (χ1) is 6.43. The molecule has 3 N–H and O–H groups in total. The van der Waals surface area contributed by atoms with Crippen molar-refractivity contribution < 1.29 is 4.39 Å². The third-order valence-corrected chi connectivity index (χ3v) is 2.46. The van der Waals surface area contributed by atoms with Gasteiger partial charge in [0.15, 0.2) is 0 Å². The molecule has 1 aromatic rings. The molecule has 0 aliphatic heterocycles. The molecule has 1 aromatic carbocycles. The first kappa shape index (κ1) is 11.0. The lowest BCUT2D eigenvalue weighted by atomic mass is 10.2. The third kappa shape index (κ3) is 2.04. The third-order valence-electron chi connectivity index (χ3n) is 1.81. The summed E-state index contributed by atoms with van der Waals surface area (Å²) in [6.45, 7) is 0. The fourth-order valence-corrected chi connectivity index (χ4v) is 1.63. The molecule has 0 heterocycles. The first-order valence-corrected chi connectivity index (χ1v) is 4.73. The predicted molar refractivity (Wildman–Crippen MR) is 59.4 cm³/mol. The molecule has 0 radical (unpaired) electrons. The van der Waals surface area contributed by atoms with Crippen LogP contribution in [0.25, 0.3) is 0 Å². The van der Waals surface area contributed by atoms with E-state index in [-0.39, 0.29) is 11.7 Å². The first-order valence-electron chi connectivity index (χ1n) is 3.94. The van der Waals surface area contributed by atoms with E-state index in [1.54, 1.807) is 25.1 Å². The Morgan fingerprint density at radius 3 is 2.50 bits per heavy atom. The molecule has 0 bridgehead atoms. The number of nitrogens with one attached hydrogen (secondary N) is 1. The normalized spacial score (nSPS) is 10.0. The maximum absolute atomic E-state index is 13.4. The zero-order valence-electron chi connectivity index (χ0n) is 7.94. The van der Waals surface area contributed by atoms with E-state index in [1.807, 2.05) is 0 Å². The molecule has 1 rings (SSSR count). The van der Waals surface area contributed by atoms with Crippen LogP contribution in [0.5, 0.6) is 0 Å². The van der Waals surface area contributed by atoms with Gasteiger partial charge in [0.1, 0.15) is 11.7 Å². The average Bonchev–Trinajstić information content (AvgIpc) is 2.07. The van der Waals surface area contributed by atoms with E-state index in [0.29, 0.717) is 15.7 Å². The Hall–Kier alpha value is -1.10. The van der Waals surface area contributed by atoms with Gasteiger partial charge in [-0.2, -0.15) is 0 Å². The molecule has 0 fully saturated rings. The summed E-state index contributed by atoms with van der Waals surface area (Å²) in [6.07, 6.45) is 0. The zero-order valence-corrected chi connectivity index (χ0v) is 9.52. The molecule has 3 nitrogen and oxygen atoms in total. The van der Waals surface area contributed by atoms with Gasteiger partial charge in [-0.15, -0.1) is 0 Å². The summed E-state index contributed by atoms with van der Waals surface area (Å²) in [5.74, 6) is -0.538. The van der Waals surface area contributed by atoms with E-state index in [1.165, 1.54) is 6.07 Å². The Morgan fingerprint density at radius 2 is 2.07 bits per heavy atom. The van der Waals surface area contributed by atoms with E-state index in [9.17, 15) is 4.39 Å². The van der Waals surface area contributed by atoms with Gasteiger partial charge in [0, 0.05) is 24.1 Å². The molecule has 5 heteroatoms. The van der Waals surface area contributed by atoms with Crippen LogP contribution in [0.4, 0.5) is 10.1 Å². The van der Waals surface area contributed by atoms with Crippen LogP contribution in [-0.4, -0.2) is 19.9 Å². The molecule has 0 aromatic heterocycles. The van der Waals surface area contributed by atoms with Crippen molar-refractivity contribution in [3.8, 4) is 0 Å². The number of nitrogen functional groups attached to an aromatic ring is 1. The van der Waals surface area contributed by atoms with Crippen LogP contribution in [0, 0.1) is 11.2 Å². The molecular formula is C9H11BrFN3. The summed E-state index contributed by atoms with van der Waals surface area (Å²) >= 11 is 3.24. The summed E-state index contributed by atoms with van der Waals surface area (Å²) in [4.78, 5) is 1.66. The van der Waals surface area contributed by atoms with Crippen molar-refractivity contribution in [3.63, 3.8) is 0 Å². The van der Waals surface area contributed by atoms with Gasteiger partial charge in [-0.05, 0) is 28.1 Å². The number of hydrogen-bond acceptors (Lipinski definition) is 2. The molecule has 0 aliphatic carbocycles. The van der Waals surface area contributed by atoms with Crippen LogP contribution in [0.15, 0.2) is 16.6 Å². The topological polar surface area (TPSA) is 53.1 Å². The minimum atomic E-state index is -0.386. The maximum Gasteiger partial charge on any atom is 0.147 e. The smallest absolute Gasteiger partial charge is 0.147 e. The summed E-state index contributed by atoms with van der Waals surface area (Å²) < 4.78 is 14.0. The van der Waals surface area contributed by atoms with Gasteiger partial charge >= 0.3 is 0 Å². The lowest BCUT2D eigenvalue weighted by molar-refractivity contribution is 0.625. The number of nitrogens with zero attached hydrogens (tertiary/aromatic N) is 1. The monoisotopic (exact) mass is 259 g/mol. The highest BCUT2D eigenvalue weighted by Crippen LogP contribution is 2.26. The Balaban J connectivity index is 3.31. The summed E-state index contributed by atoms with van der Waals surface area (Å²) in [6, 6.07) is 2.85. The number of anilines is 1. The van der Waals surface area contributed by atoms with Gasteiger partial charge in [0.25, 0.3) is 0 Å². The highest BCUT2D eigenvalue weighted by Gasteiger charge is 2.11. The summed E-state index contributed by atoms with van der Waals surface area (Å²) in [5, 5.41) is 7.22. The zero-order chi connectivity index (χ0) is 10.9. The Morgan fingerprint density at radius 1 is 1.50 bits per heavy atom. The van der Waals surface area contributed by atoms with Gasteiger partial charge in [-0.3, -0.25) is 5.41 Å². The van der Waals surface area contributed by atoms with E-state index < -0.39 is 0 Å². The van der Waals surface area contributed by atoms with Crippen molar-refractivity contribution in [3.05, 3.63) is 28.0 Å². The highest BCUT2D eigenvalue weighted by atomic mass is 79.9. The van der Waals surface area contributed by atoms with E-state index >= 15 is 0 Å². The number of halogens is 2. The molecule has 14 heavy (non-hydrogen) atoms. The van der Waals surface area contributed by atoms with Crippen LogP contribution in [0.2, 0.25) is 0 Å². The SMILES string of the molecule is CN(C)c1cc(Br)c(C(=N)N)cc1F. The molecule has 76 valence electrons. The molecule has 0 saturated heterocycles. The Kier molecular flexibility index (Phi) is 3.10. The van der Waals surface area contributed by atoms with Crippen molar-refractivity contribution in [2.45, 2.75) is 0 Å². The molecule has 0 spiro atoms. The van der Waals surface area contributed by atoms with E-state index in [2.05, 4.69) is 15.9 Å². The standard InChI is InChI=1S/C9H11BrFN3/c1-14(2)8-4-6(10)5(9(12)13)3-7(8)11/h3-4H,1-2H3,(H3,12,13). The second-order valence-electron chi connectivity index (χ2n) is 3.09. The van der Waals surface area contributed by atoms with Crippen molar-refractivity contribution in [1.29, 1.82) is 5.41 Å². The summed E-state index contributed by atoms with van der Waals surface area (Å²) in [7, 11) is 3.50. The number of benzene rings is 1. The molecule has 0 amide bonds. The van der Waals surface area contributed by atoms with Crippen LogP contribution < -0.4 is 10.6 Å². The van der Waals surface area contributed by atoms with Crippen LogP contribution in [0.1, 0.15) is 5.56 Å².